The highest BCUT2D eigenvalue weighted by molar-refractivity contribution is 5.78. The van der Waals surface area contributed by atoms with Gasteiger partial charge < -0.3 is 9.47 Å². The molecule has 104 valence electrons. The van der Waals surface area contributed by atoms with Crippen LogP contribution in [0.2, 0.25) is 0 Å². The highest BCUT2D eigenvalue weighted by Gasteiger charge is 2.22. The van der Waals surface area contributed by atoms with Crippen molar-refractivity contribution in [2.75, 3.05) is 13.7 Å². The normalized spacial score (nSPS) is 11.7. The summed E-state index contributed by atoms with van der Waals surface area (Å²) in [6, 6.07) is 17.3. The second kappa shape index (κ2) is 6.75. The molecule has 0 amide bonds. The number of benzene rings is 2. The molecule has 0 aliphatic heterocycles. The van der Waals surface area contributed by atoms with Crippen LogP contribution in [0.1, 0.15) is 17.0 Å². The summed E-state index contributed by atoms with van der Waals surface area (Å²) in [7, 11) is 1.39. The van der Waals surface area contributed by atoms with Gasteiger partial charge in [-0.3, -0.25) is 4.79 Å². The smallest absolute Gasteiger partial charge is 0.316 e. The van der Waals surface area contributed by atoms with Gasteiger partial charge in [0.1, 0.15) is 18.3 Å². The number of hydrogen-bond donors (Lipinski definition) is 0. The average molecular weight is 270 g/mol. The number of rotatable bonds is 5. The fraction of sp³-hybridized carbons (Fsp3) is 0.235. The molecule has 1 unspecified atom stereocenters. The van der Waals surface area contributed by atoms with Gasteiger partial charge in [-0.1, -0.05) is 42.5 Å². The second-order valence-electron chi connectivity index (χ2n) is 4.61. The van der Waals surface area contributed by atoms with Crippen molar-refractivity contribution in [1.82, 2.24) is 0 Å². The monoisotopic (exact) mass is 270 g/mol. The van der Waals surface area contributed by atoms with E-state index in [0.717, 1.165) is 16.9 Å². The first-order valence-corrected chi connectivity index (χ1v) is 6.53. The van der Waals surface area contributed by atoms with Crippen LogP contribution in [0, 0.1) is 6.92 Å². The van der Waals surface area contributed by atoms with Crippen molar-refractivity contribution in [2.24, 2.45) is 0 Å². The van der Waals surface area contributed by atoms with Crippen molar-refractivity contribution in [3.63, 3.8) is 0 Å². The molecule has 2 rings (SSSR count). The lowest BCUT2D eigenvalue weighted by Crippen LogP contribution is -2.21. The number of methoxy groups -OCH3 is 1. The fourth-order valence-electron chi connectivity index (χ4n) is 2.01. The van der Waals surface area contributed by atoms with Gasteiger partial charge in [-0.05, 0) is 30.2 Å². The molecule has 0 saturated heterocycles. The maximum atomic E-state index is 11.9. The molecule has 3 heteroatoms. The Morgan fingerprint density at radius 1 is 1.10 bits per heavy atom. The summed E-state index contributed by atoms with van der Waals surface area (Å²) >= 11 is 0. The van der Waals surface area contributed by atoms with Crippen LogP contribution < -0.4 is 4.74 Å². The zero-order valence-corrected chi connectivity index (χ0v) is 11.7. The molecule has 0 saturated carbocycles. The molecule has 0 aliphatic rings. The highest BCUT2D eigenvalue weighted by atomic mass is 16.5. The Bertz CT molecular complexity index is 563. The number of esters is 1. The van der Waals surface area contributed by atoms with Crippen molar-refractivity contribution >= 4 is 5.97 Å². The SMILES string of the molecule is COC(=O)C(COc1cccc(C)c1)c1ccccc1. The number of hydrogen-bond acceptors (Lipinski definition) is 3. The topological polar surface area (TPSA) is 35.5 Å². The van der Waals surface area contributed by atoms with E-state index in [1.165, 1.54) is 7.11 Å². The summed E-state index contributed by atoms with van der Waals surface area (Å²) in [5, 5.41) is 0. The molecule has 0 fully saturated rings. The summed E-state index contributed by atoms with van der Waals surface area (Å²) in [6.07, 6.45) is 0. The number of carbonyl (C=O) groups is 1. The first-order valence-electron chi connectivity index (χ1n) is 6.53. The van der Waals surface area contributed by atoms with Crippen molar-refractivity contribution in [1.29, 1.82) is 0 Å². The maximum absolute atomic E-state index is 11.9. The highest BCUT2D eigenvalue weighted by Crippen LogP contribution is 2.20. The first kappa shape index (κ1) is 14.1. The Morgan fingerprint density at radius 3 is 2.50 bits per heavy atom. The van der Waals surface area contributed by atoms with Crippen molar-refractivity contribution in [3.8, 4) is 5.75 Å². The minimum absolute atomic E-state index is 0.264. The van der Waals surface area contributed by atoms with Crippen LogP contribution in [0.25, 0.3) is 0 Å². The Balaban J connectivity index is 2.11. The van der Waals surface area contributed by atoms with Gasteiger partial charge in [0.2, 0.25) is 0 Å². The molecule has 0 N–H and O–H groups in total. The molecule has 0 aromatic heterocycles. The van der Waals surface area contributed by atoms with Gasteiger partial charge in [-0.15, -0.1) is 0 Å². The van der Waals surface area contributed by atoms with Crippen LogP contribution in [-0.2, 0) is 9.53 Å². The predicted molar refractivity (Wildman–Crippen MR) is 77.9 cm³/mol. The molecule has 0 radical (unpaired) electrons. The van der Waals surface area contributed by atoms with Crippen molar-refractivity contribution in [3.05, 3.63) is 65.7 Å². The van der Waals surface area contributed by atoms with E-state index in [4.69, 9.17) is 9.47 Å². The van der Waals surface area contributed by atoms with Gasteiger partial charge in [0, 0.05) is 0 Å². The third-order valence-corrected chi connectivity index (χ3v) is 3.09. The largest absolute Gasteiger partial charge is 0.492 e. The first-order chi connectivity index (χ1) is 9.70. The molecule has 3 nitrogen and oxygen atoms in total. The Labute approximate surface area is 119 Å². The van der Waals surface area contributed by atoms with Crippen LogP contribution in [0.3, 0.4) is 0 Å². The van der Waals surface area contributed by atoms with E-state index in [2.05, 4.69) is 0 Å². The van der Waals surface area contributed by atoms with E-state index >= 15 is 0 Å². The molecule has 1 atom stereocenters. The van der Waals surface area contributed by atoms with E-state index in [9.17, 15) is 4.79 Å². The quantitative estimate of drug-likeness (QED) is 0.782. The molecule has 2 aromatic carbocycles. The lowest BCUT2D eigenvalue weighted by Gasteiger charge is -2.16. The van der Waals surface area contributed by atoms with Gasteiger partial charge in [0.25, 0.3) is 0 Å². The minimum Gasteiger partial charge on any atom is -0.492 e. The van der Waals surface area contributed by atoms with E-state index in [1.54, 1.807) is 0 Å². The maximum Gasteiger partial charge on any atom is 0.316 e. The van der Waals surface area contributed by atoms with Gasteiger partial charge in [-0.2, -0.15) is 0 Å². The Hall–Kier alpha value is -2.29. The zero-order chi connectivity index (χ0) is 14.4. The van der Waals surface area contributed by atoms with E-state index in [1.807, 2.05) is 61.5 Å². The van der Waals surface area contributed by atoms with Crippen LogP contribution in [0.15, 0.2) is 54.6 Å². The Kier molecular flexibility index (Phi) is 4.77. The standard InChI is InChI=1S/C17H18O3/c1-13-7-6-10-15(11-13)20-12-16(17(18)19-2)14-8-4-3-5-9-14/h3-11,16H,12H2,1-2H3. The molecular formula is C17H18O3. The average Bonchev–Trinajstić information content (AvgIpc) is 2.48. The van der Waals surface area contributed by atoms with E-state index in [-0.39, 0.29) is 12.6 Å². The summed E-state index contributed by atoms with van der Waals surface area (Å²) < 4.78 is 10.6. The second-order valence-corrected chi connectivity index (χ2v) is 4.61. The van der Waals surface area contributed by atoms with Crippen LogP contribution in [0.4, 0.5) is 0 Å². The summed E-state index contributed by atoms with van der Waals surface area (Å²) in [5.74, 6) is 0.0559. The molecule has 0 spiro atoms. The third kappa shape index (κ3) is 3.60. The number of carbonyl (C=O) groups excluding carboxylic acids is 1. The van der Waals surface area contributed by atoms with Crippen LogP contribution >= 0.6 is 0 Å². The summed E-state index contributed by atoms with van der Waals surface area (Å²) in [6.45, 7) is 2.27. The lowest BCUT2D eigenvalue weighted by molar-refractivity contribution is -0.143. The van der Waals surface area contributed by atoms with Crippen LogP contribution in [-0.4, -0.2) is 19.7 Å². The zero-order valence-electron chi connectivity index (χ0n) is 11.7. The van der Waals surface area contributed by atoms with Gasteiger partial charge >= 0.3 is 5.97 Å². The molecule has 20 heavy (non-hydrogen) atoms. The van der Waals surface area contributed by atoms with Crippen LogP contribution in [0.5, 0.6) is 5.75 Å². The number of aryl methyl sites for hydroxylation is 1. The third-order valence-electron chi connectivity index (χ3n) is 3.09. The Morgan fingerprint density at radius 2 is 1.85 bits per heavy atom. The van der Waals surface area contributed by atoms with Gasteiger partial charge in [0.15, 0.2) is 0 Å². The summed E-state index contributed by atoms with van der Waals surface area (Å²) in [5.41, 5.74) is 2.02. The molecule has 2 aromatic rings. The molecular weight excluding hydrogens is 252 g/mol. The minimum atomic E-state index is -0.415. The molecule has 0 bridgehead atoms. The fourth-order valence-corrected chi connectivity index (χ4v) is 2.01. The lowest BCUT2D eigenvalue weighted by atomic mass is 10.0. The summed E-state index contributed by atoms with van der Waals surface area (Å²) in [4.78, 5) is 11.9. The molecule has 0 heterocycles. The van der Waals surface area contributed by atoms with E-state index < -0.39 is 5.92 Å². The van der Waals surface area contributed by atoms with Gasteiger partial charge in [-0.25, -0.2) is 0 Å². The molecule has 0 aliphatic carbocycles. The van der Waals surface area contributed by atoms with E-state index in [0.29, 0.717) is 0 Å². The predicted octanol–water partition coefficient (Wildman–Crippen LogP) is 3.33. The van der Waals surface area contributed by atoms with Gasteiger partial charge in [0.05, 0.1) is 7.11 Å². The van der Waals surface area contributed by atoms with Crippen molar-refractivity contribution in [2.45, 2.75) is 12.8 Å². The number of ether oxygens (including phenoxy) is 2. The van der Waals surface area contributed by atoms with Crippen molar-refractivity contribution < 1.29 is 14.3 Å².